The van der Waals surface area contributed by atoms with E-state index in [1.54, 1.807) is 6.07 Å². The second kappa shape index (κ2) is 8.29. The highest BCUT2D eigenvalue weighted by Crippen LogP contribution is 2.24. The zero-order valence-electron chi connectivity index (χ0n) is 14.4. The zero-order chi connectivity index (χ0) is 18.5. The molecule has 1 saturated heterocycles. The number of anilines is 1. The van der Waals surface area contributed by atoms with Crippen molar-refractivity contribution < 1.29 is 23.8 Å². The van der Waals surface area contributed by atoms with Crippen LogP contribution in [0.1, 0.15) is 12.8 Å². The fourth-order valence-electron chi connectivity index (χ4n) is 3.05. The minimum Gasteiger partial charge on any atom is -0.489 e. The van der Waals surface area contributed by atoms with E-state index in [1.165, 1.54) is 25.0 Å². The predicted octanol–water partition coefficient (Wildman–Crippen LogP) is 0.957. The van der Waals surface area contributed by atoms with Gasteiger partial charge in [0.25, 0.3) is 11.8 Å². The van der Waals surface area contributed by atoms with Crippen LogP contribution in [0.4, 0.5) is 10.1 Å². The van der Waals surface area contributed by atoms with E-state index in [-0.39, 0.29) is 24.6 Å². The monoisotopic (exact) mass is 363 g/mol. The molecule has 2 amide bonds. The van der Waals surface area contributed by atoms with Gasteiger partial charge in [0.2, 0.25) is 0 Å². The molecule has 2 heterocycles. The van der Waals surface area contributed by atoms with Gasteiger partial charge in [0.1, 0.15) is 12.3 Å². The first-order valence-electron chi connectivity index (χ1n) is 8.68. The Bertz CT molecular complexity index is 716. The number of nitrogens with one attached hydrogen (secondary N) is 1. The third kappa shape index (κ3) is 4.20. The number of amides is 2. The highest BCUT2D eigenvalue weighted by Gasteiger charge is 2.30. The minimum absolute atomic E-state index is 0.0468. The summed E-state index contributed by atoms with van der Waals surface area (Å²) in [4.78, 5) is 27.0. The standard InChI is InChI=1S/C18H22FN3O4/c19-14-11-13(20-15-12-17(24)22(7-9-23)18(15)25)3-4-16(14)26-10-8-21-5-1-2-6-21/h3-4,11-12,20,23H,1-2,5-10H2. The number of hydrogen-bond donors (Lipinski definition) is 2. The maximum Gasteiger partial charge on any atom is 0.277 e. The smallest absolute Gasteiger partial charge is 0.277 e. The summed E-state index contributed by atoms with van der Waals surface area (Å²) in [5.74, 6) is -1.44. The number of hydrogen-bond acceptors (Lipinski definition) is 6. The normalized spacial score (nSPS) is 17.8. The molecule has 3 rings (SSSR count). The number of likely N-dealkylation sites (tertiary alicyclic amines) is 1. The lowest BCUT2D eigenvalue weighted by Crippen LogP contribution is -2.34. The summed E-state index contributed by atoms with van der Waals surface area (Å²) in [5.41, 5.74) is 0.387. The fraction of sp³-hybridized carbons (Fsp3) is 0.444. The number of nitrogens with zero attached hydrogens (tertiary/aromatic N) is 2. The van der Waals surface area contributed by atoms with Gasteiger partial charge in [-0.3, -0.25) is 19.4 Å². The number of carbonyl (C=O) groups excluding carboxylic acids is 2. The van der Waals surface area contributed by atoms with Crippen molar-refractivity contribution in [3.05, 3.63) is 35.8 Å². The first-order chi connectivity index (χ1) is 12.6. The van der Waals surface area contributed by atoms with E-state index in [1.807, 2.05) is 0 Å². The van der Waals surface area contributed by atoms with Gasteiger partial charge in [0.15, 0.2) is 11.6 Å². The van der Waals surface area contributed by atoms with E-state index >= 15 is 0 Å². The number of ether oxygens (including phenoxy) is 1. The minimum atomic E-state index is -0.546. The van der Waals surface area contributed by atoms with Crippen LogP contribution in [0.15, 0.2) is 30.0 Å². The first kappa shape index (κ1) is 18.3. The molecule has 7 nitrogen and oxygen atoms in total. The maximum atomic E-state index is 14.2. The molecule has 0 bridgehead atoms. The molecule has 0 unspecified atom stereocenters. The maximum absolute atomic E-state index is 14.2. The Hall–Kier alpha value is -2.45. The van der Waals surface area contributed by atoms with Crippen molar-refractivity contribution in [2.75, 3.05) is 44.7 Å². The van der Waals surface area contributed by atoms with Crippen LogP contribution < -0.4 is 10.1 Å². The van der Waals surface area contributed by atoms with Crippen molar-refractivity contribution in [1.29, 1.82) is 0 Å². The molecule has 0 aromatic heterocycles. The Kier molecular flexibility index (Phi) is 5.85. The largest absolute Gasteiger partial charge is 0.489 e. The predicted molar refractivity (Wildman–Crippen MR) is 93.1 cm³/mol. The van der Waals surface area contributed by atoms with Crippen molar-refractivity contribution in [3.8, 4) is 5.75 Å². The van der Waals surface area contributed by atoms with E-state index in [0.29, 0.717) is 12.3 Å². The Labute approximate surface area is 151 Å². The molecule has 26 heavy (non-hydrogen) atoms. The van der Waals surface area contributed by atoms with Gasteiger partial charge in [-0.15, -0.1) is 0 Å². The fourth-order valence-corrected chi connectivity index (χ4v) is 3.05. The highest BCUT2D eigenvalue weighted by atomic mass is 19.1. The second-order valence-corrected chi connectivity index (χ2v) is 6.24. The Balaban J connectivity index is 1.56. The average Bonchev–Trinajstić information content (AvgIpc) is 3.21. The Morgan fingerprint density at radius 3 is 2.65 bits per heavy atom. The Morgan fingerprint density at radius 1 is 1.19 bits per heavy atom. The van der Waals surface area contributed by atoms with E-state index in [0.717, 1.165) is 30.6 Å². The van der Waals surface area contributed by atoms with E-state index < -0.39 is 17.6 Å². The number of carbonyl (C=O) groups is 2. The molecule has 2 aliphatic rings. The van der Waals surface area contributed by atoms with E-state index in [2.05, 4.69) is 10.2 Å². The highest BCUT2D eigenvalue weighted by molar-refractivity contribution is 6.17. The summed E-state index contributed by atoms with van der Waals surface area (Å²) in [6.45, 7) is 2.92. The van der Waals surface area contributed by atoms with Crippen LogP contribution in [0.5, 0.6) is 5.75 Å². The van der Waals surface area contributed by atoms with Gasteiger partial charge in [-0.2, -0.15) is 0 Å². The first-order valence-corrected chi connectivity index (χ1v) is 8.68. The van der Waals surface area contributed by atoms with Gasteiger partial charge in [-0.25, -0.2) is 4.39 Å². The quantitative estimate of drug-likeness (QED) is 0.670. The van der Waals surface area contributed by atoms with Crippen LogP contribution in [0, 0.1) is 5.82 Å². The lowest BCUT2D eigenvalue weighted by molar-refractivity contribution is -0.137. The zero-order valence-corrected chi connectivity index (χ0v) is 14.4. The van der Waals surface area contributed by atoms with Crippen molar-refractivity contribution in [1.82, 2.24) is 9.80 Å². The van der Waals surface area contributed by atoms with E-state index in [4.69, 9.17) is 9.84 Å². The topological polar surface area (TPSA) is 82.1 Å². The molecule has 8 heteroatoms. The van der Waals surface area contributed by atoms with Crippen LogP contribution in [0.2, 0.25) is 0 Å². The second-order valence-electron chi connectivity index (χ2n) is 6.24. The average molecular weight is 363 g/mol. The molecule has 1 aromatic rings. The molecule has 1 fully saturated rings. The van der Waals surface area contributed by atoms with Crippen molar-refractivity contribution in [3.63, 3.8) is 0 Å². The number of rotatable bonds is 8. The molecule has 140 valence electrons. The number of imide groups is 1. The molecule has 0 aliphatic carbocycles. The van der Waals surface area contributed by atoms with E-state index in [9.17, 15) is 14.0 Å². The van der Waals surface area contributed by atoms with Crippen LogP contribution in [0.25, 0.3) is 0 Å². The molecule has 0 radical (unpaired) electrons. The summed E-state index contributed by atoms with van der Waals surface area (Å²) in [7, 11) is 0. The summed E-state index contributed by atoms with van der Waals surface area (Å²) in [6.07, 6.45) is 3.53. The van der Waals surface area contributed by atoms with Crippen LogP contribution >= 0.6 is 0 Å². The number of benzene rings is 1. The summed E-state index contributed by atoms with van der Waals surface area (Å²) >= 11 is 0. The lowest BCUT2D eigenvalue weighted by Gasteiger charge is -2.16. The third-order valence-corrected chi connectivity index (χ3v) is 4.41. The number of β-amino-alcohol motifs (C(OH)–C–C–N with tert-alkyl or cyclic N) is 1. The van der Waals surface area contributed by atoms with Crippen molar-refractivity contribution in [2.24, 2.45) is 0 Å². The summed E-state index contributed by atoms with van der Waals surface area (Å²) < 4.78 is 19.7. The van der Waals surface area contributed by atoms with Crippen LogP contribution in [-0.2, 0) is 9.59 Å². The third-order valence-electron chi connectivity index (χ3n) is 4.41. The van der Waals surface area contributed by atoms with Crippen LogP contribution in [0.3, 0.4) is 0 Å². The molecular formula is C18H22FN3O4. The molecule has 0 atom stereocenters. The molecule has 1 aromatic carbocycles. The molecular weight excluding hydrogens is 341 g/mol. The van der Waals surface area contributed by atoms with Gasteiger partial charge in [-0.05, 0) is 38.1 Å². The summed E-state index contributed by atoms with van der Waals surface area (Å²) in [6, 6.07) is 4.30. The number of halogens is 1. The van der Waals surface area contributed by atoms with Gasteiger partial charge in [0, 0.05) is 24.4 Å². The SMILES string of the molecule is O=C1C=C(Nc2ccc(OCCN3CCCC3)c(F)c2)C(=O)N1CCO. The Morgan fingerprint density at radius 2 is 1.96 bits per heavy atom. The van der Waals surface area contributed by atoms with Crippen molar-refractivity contribution >= 4 is 17.5 Å². The molecule has 0 spiro atoms. The summed E-state index contributed by atoms with van der Waals surface area (Å²) in [5, 5.41) is 11.6. The lowest BCUT2D eigenvalue weighted by atomic mass is 10.2. The van der Waals surface area contributed by atoms with Crippen molar-refractivity contribution in [2.45, 2.75) is 12.8 Å². The van der Waals surface area contributed by atoms with Gasteiger partial charge in [0.05, 0.1) is 13.2 Å². The molecule has 2 aliphatic heterocycles. The van der Waals surface area contributed by atoms with Crippen LogP contribution in [-0.4, -0.2) is 66.1 Å². The molecule has 0 saturated carbocycles. The number of aliphatic hydroxyl groups is 1. The molecule has 2 N–H and O–H groups in total. The number of aliphatic hydroxyl groups excluding tert-OH is 1. The van der Waals surface area contributed by atoms with Gasteiger partial charge in [-0.1, -0.05) is 0 Å². The van der Waals surface area contributed by atoms with Gasteiger partial charge < -0.3 is 15.2 Å². The van der Waals surface area contributed by atoms with Gasteiger partial charge >= 0.3 is 0 Å².